The van der Waals surface area contributed by atoms with Crippen molar-refractivity contribution in [2.75, 3.05) is 10.9 Å². The molecule has 0 radical (unpaired) electrons. The molecule has 29 heavy (non-hydrogen) atoms. The average Bonchev–Trinajstić information content (AvgIpc) is 2.71. The third-order valence-electron chi connectivity index (χ3n) is 4.01. The highest BCUT2D eigenvalue weighted by molar-refractivity contribution is 7.92. The number of sulfonamides is 1. The summed E-state index contributed by atoms with van der Waals surface area (Å²) in [6, 6.07) is 21.9. The lowest BCUT2D eigenvalue weighted by molar-refractivity contribution is -0.139. The molecule has 3 aromatic carbocycles. The second-order valence-corrected chi connectivity index (χ2v) is 8.44. The summed E-state index contributed by atoms with van der Waals surface area (Å²) in [5, 5.41) is 8.91. The Labute approximate surface area is 174 Å². The van der Waals surface area contributed by atoms with Gasteiger partial charge in [-0.05, 0) is 29.8 Å². The van der Waals surface area contributed by atoms with Crippen molar-refractivity contribution in [2.24, 2.45) is 0 Å². The van der Waals surface area contributed by atoms with Crippen LogP contribution >= 0.6 is 11.6 Å². The summed E-state index contributed by atoms with van der Waals surface area (Å²) in [5.41, 5.74) is 1.30. The Kier molecular flexibility index (Phi) is 6.41. The van der Waals surface area contributed by atoms with Crippen LogP contribution in [0.25, 0.3) is 0 Å². The van der Waals surface area contributed by atoms with Crippen LogP contribution in [0, 0.1) is 0 Å². The number of rotatable bonds is 8. The normalized spacial score (nSPS) is 11.1. The van der Waals surface area contributed by atoms with Gasteiger partial charge in [0.1, 0.15) is 5.75 Å². The molecular formula is C21H18ClNO5S. The second-order valence-electron chi connectivity index (χ2n) is 6.14. The van der Waals surface area contributed by atoms with Gasteiger partial charge in [0, 0.05) is 11.1 Å². The standard InChI is InChI=1S/C21H18ClNO5S/c22-17-11-19(28-15-21(24)25)13-20(12-17)29(26,27)23(18-9-5-2-6-10-18)14-16-7-3-1-4-8-16/h1-13H,14-15H2,(H,24,25). The Morgan fingerprint density at radius 2 is 1.59 bits per heavy atom. The Hall–Kier alpha value is -3.03. The Bertz CT molecular complexity index is 1090. The third-order valence-corrected chi connectivity index (χ3v) is 5.98. The Balaban J connectivity index is 2.03. The van der Waals surface area contributed by atoms with E-state index in [2.05, 4.69) is 0 Å². The van der Waals surface area contributed by atoms with Crippen molar-refractivity contribution in [1.29, 1.82) is 0 Å². The van der Waals surface area contributed by atoms with Crippen LogP contribution in [-0.2, 0) is 21.4 Å². The van der Waals surface area contributed by atoms with E-state index in [4.69, 9.17) is 21.4 Å². The van der Waals surface area contributed by atoms with E-state index in [-0.39, 0.29) is 22.2 Å². The van der Waals surface area contributed by atoms with Crippen molar-refractivity contribution in [3.63, 3.8) is 0 Å². The molecule has 8 heteroatoms. The average molecular weight is 432 g/mol. The first-order chi connectivity index (χ1) is 13.9. The first-order valence-electron chi connectivity index (χ1n) is 8.63. The number of carbonyl (C=O) groups is 1. The van der Waals surface area contributed by atoms with Crippen LogP contribution in [0.3, 0.4) is 0 Å². The fourth-order valence-corrected chi connectivity index (χ4v) is 4.50. The maximum atomic E-state index is 13.5. The summed E-state index contributed by atoms with van der Waals surface area (Å²) in [4.78, 5) is 10.7. The third kappa shape index (κ3) is 5.28. The Morgan fingerprint density at radius 1 is 0.966 bits per heavy atom. The van der Waals surface area contributed by atoms with Gasteiger partial charge in [-0.3, -0.25) is 4.31 Å². The van der Waals surface area contributed by atoms with Crippen LogP contribution in [0.1, 0.15) is 5.56 Å². The fraction of sp³-hybridized carbons (Fsp3) is 0.0952. The molecule has 0 saturated carbocycles. The number of carboxylic acids is 1. The van der Waals surface area contributed by atoms with Gasteiger partial charge in [0.2, 0.25) is 0 Å². The summed E-state index contributed by atoms with van der Waals surface area (Å²) in [6.07, 6.45) is 0. The molecule has 0 heterocycles. The molecule has 0 aliphatic rings. The molecule has 1 N–H and O–H groups in total. The predicted molar refractivity (Wildman–Crippen MR) is 111 cm³/mol. The van der Waals surface area contributed by atoms with Gasteiger partial charge in [0.25, 0.3) is 10.0 Å². The lowest BCUT2D eigenvalue weighted by Gasteiger charge is -2.25. The summed E-state index contributed by atoms with van der Waals surface area (Å²) < 4.78 is 33.3. The van der Waals surface area contributed by atoms with Crippen LogP contribution in [0.2, 0.25) is 5.02 Å². The minimum atomic E-state index is -4.01. The number of hydrogen-bond donors (Lipinski definition) is 1. The molecule has 3 rings (SSSR count). The van der Waals surface area contributed by atoms with Gasteiger partial charge in [-0.25, -0.2) is 13.2 Å². The SMILES string of the molecule is O=C(O)COc1cc(Cl)cc(S(=O)(=O)N(Cc2ccccc2)c2ccccc2)c1. The van der Waals surface area contributed by atoms with Crippen molar-refractivity contribution in [1.82, 2.24) is 0 Å². The van der Waals surface area contributed by atoms with Crippen molar-refractivity contribution in [2.45, 2.75) is 11.4 Å². The summed E-state index contributed by atoms with van der Waals surface area (Å²) >= 11 is 6.07. The van der Waals surface area contributed by atoms with Gasteiger partial charge < -0.3 is 9.84 Å². The molecule has 0 unspecified atom stereocenters. The molecule has 0 bridgehead atoms. The van der Waals surface area contributed by atoms with Crippen LogP contribution in [0.5, 0.6) is 5.75 Å². The number of ether oxygens (including phenoxy) is 1. The van der Waals surface area contributed by atoms with Gasteiger partial charge in [-0.15, -0.1) is 0 Å². The van der Waals surface area contributed by atoms with Crippen LogP contribution < -0.4 is 9.04 Å². The fourth-order valence-electron chi connectivity index (χ4n) is 2.70. The van der Waals surface area contributed by atoms with Crippen LogP contribution in [-0.4, -0.2) is 26.1 Å². The molecule has 0 saturated heterocycles. The van der Waals surface area contributed by atoms with Gasteiger partial charge >= 0.3 is 5.97 Å². The number of hydrogen-bond acceptors (Lipinski definition) is 4. The number of nitrogens with zero attached hydrogens (tertiary/aromatic N) is 1. The lowest BCUT2D eigenvalue weighted by Crippen LogP contribution is -2.30. The minimum Gasteiger partial charge on any atom is -0.482 e. The molecule has 0 aliphatic carbocycles. The molecular weight excluding hydrogens is 414 g/mol. The number of anilines is 1. The number of halogens is 1. The quantitative estimate of drug-likeness (QED) is 0.577. The molecule has 0 amide bonds. The van der Waals surface area contributed by atoms with Gasteiger partial charge in [-0.1, -0.05) is 60.1 Å². The topological polar surface area (TPSA) is 83.9 Å². The van der Waals surface area contributed by atoms with E-state index in [1.807, 2.05) is 30.3 Å². The largest absolute Gasteiger partial charge is 0.482 e. The summed E-state index contributed by atoms with van der Waals surface area (Å²) in [6.45, 7) is -0.489. The highest BCUT2D eigenvalue weighted by Gasteiger charge is 2.26. The van der Waals surface area contributed by atoms with E-state index in [1.54, 1.807) is 30.3 Å². The number of carboxylic acid groups (broad SMARTS) is 1. The lowest BCUT2D eigenvalue weighted by atomic mass is 10.2. The van der Waals surface area contributed by atoms with Gasteiger partial charge in [0.15, 0.2) is 6.61 Å². The number of para-hydroxylation sites is 1. The maximum absolute atomic E-state index is 13.5. The Morgan fingerprint density at radius 3 is 2.21 bits per heavy atom. The first kappa shape index (κ1) is 20.7. The molecule has 0 spiro atoms. The van der Waals surface area contributed by atoms with E-state index in [0.29, 0.717) is 5.69 Å². The predicted octanol–water partition coefficient (Wildman–Crippen LogP) is 4.20. The maximum Gasteiger partial charge on any atom is 0.341 e. The number of aliphatic carboxylic acids is 1. The first-order valence-corrected chi connectivity index (χ1v) is 10.4. The van der Waals surface area contributed by atoms with Crippen molar-refractivity contribution in [3.05, 3.63) is 89.4 Å². The number of benzene rings is 3. The van der Waals surface area contributed by atoms with Gasteiger partial charge in [-0.2, -0.15) is 0 Å². The zero-order chi connectivity index (χ0) is 20.9. The molecule has 0 atom stereocenters. The minimum absolute atomic E-state index is 0.0613. The van der Waals surface area contributed by atoms with Crippen molar-refractivity contribution < 1.29 is 23.1 Å². The molecule has 0 fully saturated rings. The second kappa shape index (κ2) is 8.98. The summed E-state index contributed by atoms with van der Waals surface area (Å²) in [7, 11) is -4.01. The zero-order valence-electron chi connectivity index (χ0n) is 15.2. The van der Waals surface area contributed by atoms with E-state index < -0.39 is 22.6 Å². The molecule has 0 aromatic heterocycles. The van der Waals surface area contributed by atoms with Crippen molar-refractivity contribution >= 4 is 33.3 Å². The van der Waals surface area contributed by atoms with E-state index in [9.17, 15) is 13.2 Å². The van der Waals surface area contributed by atoms with Crippen LogP contribution in [0.4, 0.5) is 5.69 Å². The highest BCUT2D eigenvalue weighted by Crippen LogP contribution is 2.30. The van der Waals surface area contributed by atoms with E-state index in [0.717, 1.165) is 5.56 Å². The molecule has 150 valence electrons. The van der Waals surface area contributed by atoms with E-state index >= 15 is 0 Å². The zero-order valence-corrected chi connectivity index (χ0v) is 16.8. The van der Waals surface area contributed by atoms with Gasteiger partial charge in [0.05, 0.1) is 17.1 Å². The molecule has 6 nitrogen and oxygen atoms in total. The highest BCUT2D eigenvalue weighted by atomic mass is 35.5. The summed E-state index contributed by atoms with van der Waals surface area (Å²) in [5.74, 6) is -1.12. The van der Waals surface area contributed by atoms with Crippen molar-refractivity contribution in [3.8, 4) is 5.75 Å². The molecule has 0 aliphatic heterocycles. The monoisotopic (exact) mass is 431 g/mol. The smallest absolute Gasteiger partial charge is 0.341 e. The molecule has 3 aromatic rings. The van der Waals surface area contributed by atoms with E-state index in [1.165, 1.54) is 22.5 Å². The van der Waals surface area contributed by atoms with Crippen LogP contribution in [0.15, 0.2) is 83.8 Å².